The normalized spacial score (nSPS) is 15.9. The van der Waals surface area contributed by atoms with Crippen LogP contribution >= 0.6 is 0 Å². The number of anilines is 1. The van der Waals surface area contributed by atoms with Crippen LogP contribution in [0.5, 0.6) is 0 Å². The van der Waals surface area contributed by atoms with Crippen LogP contribution in [0.4, 0.5) is 5.82 Å². The van der Waals surface area contributed by atoms with Crippen molar-refractivity contribution in [3.8, 4) is 11.3 Å². The largest absolute Gasteiger partial charge is 0.381 e. The second kappa shape index (κ2) is 7.19. The third-order valence-corrected chi connectivity index (χ3v) is 3.89. The lowest BCUT2D eigenvalue weighted by Gasteiger charge is -2.18. The number of pyridine rings is 1. The van der Waals surface area contributed by atoms with E-state index in [1.807, 2.05) is 31.3 Å². The molecule has 0 saturated carbocycles. The van der Waals surface area contributed by atoms with Gasteiger partial charge in [0.2, 0.25) is 5.91 Å². The molecule has 3 rings (SSSR count). The van der Waals surface area contributed by atoms with Crippen LogP contribution in [0.1, 0.15) is 12.8 Å². The third kappa shape index (κ3) is 4.04. The molecule has 3 heterocycles. The van der Waals surface area contributed by atoms with Gasteiger partial charge in [-0.05, 0) is 37.0 Å². The second-order valence-corrected chi connectivity index (χ2v) is 5.57. The Morgan fingerprint density at radius 3 is 2.83 bits per heavy atom. The zero-order valence-corrected chi connectivity index (χ0v) is 13.1. The van der Waals surface area contributed by atoms with Gasteiger partial charge < -0.3 is 10.1 Å². The summed E-state index contributed by atoms with van der Waals surface area (Å²) in [5, 5.41) is 7.29. The Morgan fingerprint density at radius 1 is 1.35 bits per heavy atom. The topological polar surface area (TPSA) is 69.0 Å². The van der Waals surface area contributed by atoms with Crippen molar-refractivity contribution in [3.63, 3.8) is 0 Å². The first-order valence-electron chi connectivity index (χ1n) is 7.74. The molecule has 6 heteroatoms. The number of hydrogen-bond acceptors (Lipinski definition) is 4. The molecule has 23 heavy (non-hydrogen) atoms. The van der Waals surface area contributed by atoms with E-state index in [1.54, 1.807) is 23.2 Å². The summed E-state index contributed by atoms with van der Waals surface area (Å²) in [6.07, 6.45) is 8.97. The Balaban J connectivity index is 1.64. The monoisotopic (exact) mass is 312 g/mol. The van der Waals surface area contributed by atoms with Gasteiger partial charge in [0.15, 0.2) is 0 Å². The molecule has 1 saturated heterocycles. The number of aryl methyl sites for hydroxylation is 1. The first-order valence-corrected chi connectivity index (χ1v) is 7.74. The van der Waals surface area contributed by atoms with E-state index in [-0.39, 0.29) is 5.91 Å². The summed E-state index contributed by atoms with van der Waals surface area (Å²) in [6, 6.07) is 5.63. The van der Waals surface area contributed by atoms with E-state index < -0.39 is 0 Å². The first kappa shape index (κ1) is 15.4. The number of allylic oxidation sites excluding steroid dienone is 1. The lowest BCUT2D eigenvalue weighted by atomic mass is 10.00. The summed E-state index contributed by atoms with van der Waals surface area (Å²) in [4.78, 5) is 16.1. The number of carbonyl (C=O) groups is 1. The van der Waals surface area contributed by atoms with Crippen molar-refractivity contribution in [2.24, 2.45) is 13.0 Å². The molecule has 1 fully saturated rings. The van der Waals surface area contributed by atoms with E-state index in [0.29, 0.717) is 11.7 Å². The molecule has 1 N–H and O–H groups in total. The Hall–Kier alpha value is -2.47. The van der Waals surface area contributed by atoms with Crippen molar-refractivity contribution in [2.45, 2.75) is 12.8 Å². The van der Waals surface area contributed by atoms with Gasteiger partial charge in [0.05, 0.1) is 5.69 Å². The summed E-state index contributed by atoms with van der Waals surface area (Å²) < 4.78 is 6.97. The molecule has 0 spiro atoms. The van der Waals surface area contributed by atoms with E-state index in [0.717, 1.165) is 37.3 Å². The second-order valence-electron chi connectivity index (χ2n) is 5.57. The highest BCUT2D eigenvalue weighted by Crippen LogP contribution is 2.20. The number of carbonyl (C=O) groups excluding carboxylic acids is 1. The van der Waals surface area contributed by atoms with Crippen molar-refractivity contribution in [1.82, 2.24) is 14.8 Å². The van der Waals surface area contributed by atoms with E-state index in [9.17, 15) is 4.79 Å². The van der Waals surface area contributed by atoms with Crippen LogP contribution in [-0.4, -0.2) is 33.9 Å². The SMILES string of the molecule is Cn1nc(-c2ccncc2)cc1NC(=O)/C=C/C1CCOCC1. The van der Waals surface area contributed by atoms with Crippen molar-refractivity contribution >= 4 is 11.7 Å². The Labute approximate surface area is 135 Å². The highest BCUT2D eigenvalue weighted by molar-refractivity contribution is 5.99. The minimum atomic E-state index is -0.138. The minimum Gasteiger partial charge on any atom is -0.381 e. The number of amides is 1. The zero-order chi connectivity index (χ0) is 16.1. The van der Waals surface area contributed by atoms with Gasteiger partial charge in [0.25, 0.3) is 0 Å². The van der Waals surface area contributed by atoms with Crippen molar-refractivity contribution in [3.05, 3.63) is 42.7 Å². The predicted octanol–water partition coefficient (Wildman–Crippen LogP) is 2.40. The summed E-state index contributed by atoms with van der Waals surface area (Å²) in [5.41, 5.74) is 1.77. The van der Waals surface area contributed by atoms with Crippen molar-refractivity contribution in [1.29, 1.82) is 0 Å². The maximum Gasteiger partial charge on any atom is 0.249 e. The average Bonchev–Trinajstić information content (AvgIpc) is 2.95. The van der Waals surface area contributed by atoms with Gasteiger partial charge in [-0.3, -0.25) is 14.5 Å². The van der Waals surface area contributed by atoms with Gasteiger partial charge in [-0.2, -0.15) is 5.10 Å². The number of hydrogen-bond donors (Lipinski definition) is 1. The van der Waals surface area contributed by atoms with Crippen LogP contribution in [0.25, 0.3) is 11.3 Å². The average molecular weight is 312 g/mol. The van der Waals surface area contributed by atoms with Crippen LogP contribution in [-0.2, 0) is 16.6 Å². The van der Waals surface area contributed by atoms with Gasteiger partial charge in [-0.25, -0.2) is 0 Å². The van der Waals surface area contributed by atoms with Crippen LogP contribution in [0.15, 0.2) is 42.7 Å². The standard InChI is InChI=1S/C17H20N4O2/c1-21-16(12-15(20-21)14-4-8-18-9-5-14)19-17(22)3-2-13-6-10-23-11-7-13/h2-5,8-9,12-13H,6-7,10-11H2,1H3,(H,19,22)/b3-2+. The molecule has 1 amide bonds. The van der Waals surface area contributed by atoms with E-state index in [1.165, 1.54) is 0 Å². The van der Waals surface area contributed by atoms with E-state index >= 15 is 0 Å². The Kier molecular flexibility index (Phi) is 4.83. The molecule has 1 aliphatic heterocycles. The van der Waals surface area contributed by atoms with E-state index in [4.69, 9.17) is 4.74 Å². The molecule has 0 atom stereocenters. The highest BCUT2D eigenvalue weighted by Gasteiger charge is 2.12. The maximum absolute atomic E-state index is 12.1. The quantitative estimate of drug-likeness (QED) is 0.880. The molecule has 0 unspecified atom stereocenters. The molecule has 120 valence electrons. The molecule has 2 aromatic heterocycles. The number of aromatic nitrogens is 3. The molecule has 2 aromatic rings. The Morgan fingerprint density at radius 2 is 2.09 bits per heavy atom. The van der Waals surface area contributed by atoms with Gasteiger partial charge >= 0.3 is 0 Å². The summed E-state index contributed by atoms with van der Waals surface area (Å²) >= 11 is 0. The van der Waals surface area contributed by atoms with Gasteiger partial charge in [-0.1, -0.05) is 6.08 Å². The van der Waals surface area contributed by atoms with Gasteiger partial charge in [0, 0.05) is 44.3 Å². The summed E-state index contributed by atoms with van der Waals surface area (Å²) in [7, 11) is 1.81. The molecule has 1 aliphatic rings. The van der Waals surface area contributed by atoms with Crippen molar-refractivity contribution in [2.75, 3.05) is 18.5 Å². The fourth-order valence-corrected chi connectivity index (χ4v) is 2.55. The molecular weight excluding hydrogens is 292 g/mol. The molecule has 0 aromatic carbocycles. The number of nitrogens with one attached hydrogen (secondary N) is 1. The lowest BCUT2D eigenvalue weighted by Crippen LogP contribution is -2.15. The van der Waals surface area contributed by atoms with Crippen LogP contribution in [0, 0.1) is 5.92 Å². The van der Waals surface area contributed by atoms with Gasteiger partial charge in [-0.15, -0.1) is 0 Å². The van der Waals surface area contributed by atoms with Crippen LogP contribution in [0.3, 0.4) is 0 Å². The maximum atomic E-state index is 12.1. The van der Waals surface area contributed by atoms with Gasteiger partial charge in [0.1, 0.15) is 5.82 Å². The van der Waals surface area contributed by atoms with Crippen LogP contribution < -0.4 is 5.32 Å². The first-order chi connectivity index (χ1) is 11.2. The predicted molar refractivity (Wildman–Crippen MR) is 87.8 cm³/mol. The van der Waals surface area contributed by atoms with Crippen molar-refractivity contribution < 1.29 is 9.53 Å². The third-order valence-electron chi connectivity index (χ3n) is 3.89. The molecular formula is C17H20N4O2. The lowest BCUT2D eigenvalue weighted by molar-refractivity contribution is -0.112. The molecule has 6 nitrogen and oxygen atoms in total. The summed E-state index contributed by atoms with van der Waals surface area (Å²) in [6.45, 7) is 1.54. The zero-order valence-electron chi connectivity index (χ0n) is 13.1. The highest BCUT2D eigenvalue weighted by atomic mass is 16.5. The summed E-state index contributed by atoms with van der Waals surface area (Å²) in [5.74, 6) is 0.952. The van der Waals surface area contributed by atoms with E-state index in [2.05, 4.69) is 15.4 Å². The number of ether oxygens (including phenoxy) is 1. The molecule has 0 aliphatic carbocycles. The Bertz CT molecular complexity index is 688. The number of rotatable bonds is 4. The minimum absolute atomic E-state index is 0.138. The van der Waals surface area contributed by atoms with Crippen LogP contribution in [0.2, 0.25) is 0 Å². The fraction of sp³-hybridized carbons (Fsp3) is 0.353. The number of nitrogens with zero attached hydrogens (tertiary/aromatic N) is 3. The molecule has 0 radical (unpaired) electrons. The fourth-order valence-electron chi connectivity index (χ4n) is 2.55. The molecule has 0 bridgehead atoms. The smallest absolute Gasteiger partial charge is 0.249 e.